The Morgan fingerprint density at radius 2 is 2.24 bits per heavy atom. The summed E-state index contributed by atoms with van der Waals surface area (Å²) in [7, 11) is 1.61. The van der Waals surface area contributed by atoms with Gasteiger partial charge in [0.05, 0.1) is 4.92 Å². The zero-order valence-corrected chi connectivity index (χ0v) is 12.2. The number of carbonyl (C=O) groups is 1. The fourth-order valence-electron chi connectivity index (χ4n) is 2.59. The van der Waals surface area contributed by atoms with Crippen molar-refractivity contribution in [3.8, 4) is 0 Å². The number of carboxylic acid groups (broad SMARTS) is 1. The average molecular weight is 297 g/mol. The van der Waals surface area contributed by atoms with Crippen LogP contribution in [0.2, 0.25) is 0 Å². The van der Waals surface area contributed by atoms with Gasteiger partial charge in [0.1, 0.15) is 11.7 Å². The number of nitro groups is 1. The van der Waals surface area contributed by atoms with E-state index in [0.29, 0.717) is 18.8 Å². The number of hydrogen-bond acceptors (Lipinski definition) is 6. The fraction of sp³-hybridized carbons (Fsp3) is 0.667. The molecule has 0 radical (unpaired) electrons. The van der Waals surface area contributed by atoms with Gasteiger partial charge in [0, 0.05) is 32.6 Å². The van der Waals surface area contributed by atoms with E-state index in [0.717, 1.165) is 0 Å². The maximum atomic E-state index is 11.4. The molecular weight excluding hydrogens is 278 g/mol. The van der Waals surface area contributed by atoms with E-state index in [4.69, 9.17) is 0 Å². The summed E-state index contributed by atoms with van der Waals surface area (Å²) in [4.78, 5) is 23.9. The Bertz CT molecular complexity index is 568. The van der Waals surface area contributed by atoms with Crippen molar-refractivity contribution in [3.05, 3.63) is 15.8 Å². The lowest BCUT2D eigenvalue weighted by atomic mass is 10.1. The van der Waals surface area contributed by atoms with Crippen LogP contribution in [0.5, 0.6) is 0 Å². The second-order valence-corrected chi connectivity index (χ2v) is 5.34. The van der Waals surface area contributed by atoms with Gasteiger partial charge in [0.25, 0.3) is 0 Å². The topological polar surface area (TPSA) is 114 Å². The van der Waals surface area contributed by atoms with E-state index in [1.165, 1.54) is 4.68 Å². The standard InChI is InChI=1S/C12H19N5O4/c1-7(2)9-10(17(20)21)11(15(3)14-9)16-5-4-13-6-8(16)12(18)19/h7-8,13H,4-6H2,1-3H3,(H,18,19). The zero-order valence-electron chi connectivity index (χ0n) is 12.2. The van der Waals surface area contributed by atoms with Crippen LogP contribution in [-0.4, -0.2) is 51.5 Å². The number of aromatic nitrogens is 2. The number of carboxylic acids is 1. The number of anilines is 1. The van der Waals surface area contributed by atoms with Crippen LogP contribution >= 0.6 is 0 Å². The van der Waals surface area contributed by atoms with Crippen molar-refractivity contribution in [2.45, 2.75) is 25.8 Å². The molecule has 2 N–H and O–H groups in total. The summed E-state index contributed by atoms with van der Waals surface area (Å²) in [5, 5.41) is 28.0. The molecule has 2 rings (SSSR count). The van der Waals surface area contributed by atoms with E-state index < -0.39 is 16.9 Å². The molecule has 1 fully saturated rings. The summed E-state index contributed by atoms with van der Waals surface area (Å²) < 4.78 is 1.41. The summed E-state index contributed by atoms with van der Waals surface area (Å²) >= 11 is 0. The van der Waals surface area contributed by atoms with Crippen LogP contribution in [0.25, 0.3) is 0 Å². The maximum Gasteiger partial charge on any atom is 0.334 e. The Hall–Kier alpha value is -2.16. The summed E-state index contributed by atoms with van der Waals surface area (Å²) in [6.07, 6.45) is 0. The summed E-state index contributed by atoms with van der Waals surface area (Å²) in [6, 6.07) is -0.840. The lowest BCUT2D eigenvalue weighted by molar-refractivity contribution is -0.385. The molecule has 2 heterocycles. The van der Waals surface area contributed by atoms with Crippen LogP contribution < -0.4 is 10.2 Å². The van der Waals surface area contributed by atoms with Gasteiger partial charge in [-0.1, -0.05) is 13.8 Å². The third-order valence-electron chi connectivity index (χ3n) is 3.55. The van der Waals surface area contributed by atoms with Gasteiger partial charge in [0.15, 0.2) is 0 Å². The lowest BCUT2D eigenvalue weighted by Gasteiger charge is -2.34. The summed E-state index contributed by atoms with van der Waals surface area (Å²) in [6.45, 7) is 4.85. The molecule has 0 amide bonds. The first-order chi connectivity index (χ1) is 9.84. The highest BCUT2D eigenvalue weighted by Crippen LogP contribution is 2.36. The minimum absolute atomic E-state index is 0.0966. The molecule has 9 nitrogen and oxygen atoms in total. The highest BCUT2D eigenvalue weighted by Gasteiger charge is 2.38. The van der Waals surface area contributed by atoms with E-state index in [1.807, 2.05) is 13.8 Å². The van der Waals surface area contributed by atoms with Gasteiger partial charge in [-0.25, -0.2) is 9.48 Å². The van der Waals surface area contributed by atoms with Crippen LogP contribution in [0.4, 0.5) is 11.5 Å². The third-order valence-corrected chi connectivity index (χ3v) is 3.55. The van der Waals surface area contributed by atoms with Gasteiger partial charge >= 0.3 is 11.7 Å². The Morgan fingerprint density at radius 3 is 2.76 bits per heavy atom. The summed E-state index contributed by atoms with van der Waals surface area (Å²) in [5.41, 5.74) is 0.279. The van der Waals surface area contributed by atoms with Crippen LogP contribution in [0.3, 0.4) is 0 Å². The van der Waals surface area contributed by atoms with Crippen LogP contribution in [0, 0.1) is 10.1 Å². The molecule has 1 saturated heterocycles. The third kappa shape index (κ3) is 2.68. The van der Waals surface area contributed by atoms with Crippen molar-refractivity contribution < 1.29 is 14.8 Å². The smallest absolute Gasteiger partial charge is 0.334 e. The number of nitrogens with one attached hydrogen (secondary N) is 1. The quantitative estimate of drug-likeness (QED) is 0.607. The first kappa shape index (κ1) is 15.2. The normalized spacial score (nSPS) is 19.0. The van der Waals surface area contributed by atoms with Crippen molar-refractivity contribution >= 4 is 17.5 Å². The molecule has 1 atom stereocenters. The molecule has 1 aliphatic heterocycles. The predicted molar refractivity (Wildman–Crippen MR) is 75.6 cm³/mol. The molecule has 116 valence electrons. The minimum atomic E-state index is -1.01. The number of aryl methyl sites for hydroxylation is 1. The zero-order chi connectivity index (χ0) is 15.7. The van der Waals surface area contributed by atoms with Crippen molar-refractivity contribution in [3.63, 3.8) is 0 Å². The first-order valence-corrected chi connectivity index (χ1v) is 6.76. The van der Waals surface area contributed by atoms with Gasteiger partial charge < -0.3 is 15.3 Å². The number of rotatable bonds is 4. The second kappa shape index (κ2) is 5.68. The number of aliphatic carboxylic acids is 1. The molecule has 1 aliphatic rings. The second-order valence-electron chi connectivity index (χ2n) is 5.34. The Labute approximate surface area is 121 Å². The molecule has 0 bridgehead atoms. The minimum Gasteiger partial charge on any atom is -0.480 e. The molecule has 1 unspecified atom stereocenters. The van der Waals surface area contributed by atoms with Crippen LogP contribution in [0.15, 0.2) is 0 Å². The van der Waals surface area contributed by atoms with E-state index in [1.54, 1.807) is 11.9 Å². The van der Waals surface area contributed by atoms with Crippen LogP contribution in [-0.2, 0) is 11.8 Å². The van der Waals surface area contributed by atoms with Crippen molar-refractivity contribution in [1.29, 1.82) is 0 Å². The van der Waals surface area contributed by atoms with Crippen molar-refractivity contribution in [1.82, 2.24) is 15.1 Å². The van der Waals surface area contributed by atoms with Gasteiger partial charge in [0.2, 0.25) is 5.82 Å². The van der Waals surface area contributed by atoms with Crippen molar-refractivity contribution in [2.24, 2.45) is 7.05 Å². The van der Waals surface area contributed by atoms with Crippen LogP contribution in [0.1, 0.15) is 25.5 Å². The molecule has 0 aliphatic carbocycles. The van der Waals surface area contributed by atoms with E-state index in [2.05, 4.69) is 10.4 Å². The molecule has 0 saturated carbocycles. The predicted octanol–water partition coefficient (Wildman–Crippen LogP) is 0.315. The monoisotopic (exact) mass is 297 g/mol. The van der Waals surface area contributed by atoms with Gasteiger partial charge in [-0.15, -0.1) is 0 Å². The van der Waals surface area contributed by atoms with Crippen molar-refractivity contribution in [2.75, 3.05) is 24.5 Å². The van der Waals surface area contributed by atoms with Gasteiger partial charge in [-0.05, 0) is 0 Å². The first-order valence-electron chi connectivity index (χ1n) is 6.76. The van der Waals surface area contributed by atoms with Gasteiger partial charge in [-0.2, -0.15) is 5.10 Å². The molecule has 0 aromatic carbocycles. The molecule has 0 spiro atoms. The number of hydrogen-bond donors (Lipinski definition) is 2. The average Bonchev–Trinajstić information content (AvgIpc) is 2.76. The van der Waals surface area contributed by atoms with E-state index in [9.17, 15) is 20.0 Å². The lowest BCUT2D eigenvalue weighted by Crippen LogP contribution is -2.55. The molecule has 9 heteroatoms. The van der Waals surface area contributed by atoms with E-state index in [-0.39, 0.29) is 24.0 Å². The molecular formula is C12H19N5O4. The van der Waals surface area contributed by atoms with Gasteiger partial charge in [-0.3, -0.25) is 10.1 Å². The highest BCUT2D eigenvalue weighted by atomic mass is 16.6. The SMILES string of the molecule is CC(C)c1nn(C)c(N2CCNCC2C(=O)O)c1[N+](=O)[O-]. The van der Waals surface area contributed by atoms with E-state index >= 15 is 0 Å². The number of piperazine rings is 1. The summed E-state index contributed by atoms with van der Waals surface area (Å²) in [5.74, 6) is -0.863. The molecule has 1 aromatic rings. The Balaban J connectivity index is 2.56. The Morgan fingerprint density at radius 1 is 1.57 bits per heavy atom. The largest absolute Gasteiger partial charge is 0.480 e. The fourth-order valence-corrected chi connectivity index (χ4v) is 2.59. The molecule has 1 aromatic heterocycles. The Kier molecular flexibility index (Phi) is 4.12. The molecule has 21 heavy (non-hydrogen) atoms. The number of nitrogens with zero attached hydrogens (tertiary/aromatic N) is 4. The maximum absolute atomic E-state index is 11.4. The highest BCUT2D eigenvalue weighted by molar-refractivity contribution is 5.80.